The number of carbonyl (C=O) groups excluding carboxylic acids is 3. The maximum absolute atomic E-state index is 12.1. The summed E-state index contributed by atoms with van der Waals surface area (Å²) in [6.45, 7) is 2.34. The van der Waals surface area contributed by atoms with Gasteiger partial charge in [-0.1, -0.05) is 0 Å². The number of piperazine rings is 1. The molecular formula is C10H16N2O6S. The molecule has 0 radical (unpaired) electrons. The van der Waals surface area contributed by atoms with E-state index >= 15 is 0 Å². The fourth-order valence-corrected chi connectivity index (χ4v) is 3.37. The standard InChI is InChI=1S/C10H16N2O6S/c1-10(2)9(15)11-7(13)6-12(10)19(16,17)5-4-8(14)18-3/h4-6H2,1-3H3,(H,11,13,15). The molecular weight excluding hydrogens is 276 g/mol. The smallest absolute Gasteiger partial charge is 0.306 e. The summed E-state index contributed by atoms with van der Waals surface area (Å²) in [5.41, 5.74) is -1.37. The van der Waals surface area contributed by atoms with Crippen LogP contribution in [0.25, 0.3) is 0 Å². The van der Waals surface area contributed by atoms with E-state index in [4.69, 9.17) is 0 Å². The first-order valence-electron chi connectivity index (χ1n) is 5.53. The number of rotatable bonds is 4. The van der Waals surface area contributed by atoms with Gasteiger partial charge in [-0.25, -0.2) is 8.42 Å². The summed E-state index contributed by atoms with van der Waals surface area (Å²) >= 11 is 0. The van der Waals surface area contributed by atoms with Gasteiger partial charge in [-0.15, -0.1) is 0 Å². The fraction of sp³-hybridized carbons (Fsp3) is 0.700. The van der Waals surface area contributed by atoms with Crippen molar-refractivity contribution in [3.63, 3.8) is 0 Å². The predicted octanol–water partition coefficient (Wildman–Crippen LogP) is -1.38. The van der Waals surface area contributed by atoms with Crippen LogP contribution in [0.2, 0.25) is 0 Å². The lowest BCUT2D eigenvalue weighted by atomic mass is 10.0. The van der Waals surface area contributed by atoms with Crippen LogP contribution in [0.15, 0.2) is 0 Å². The number of imide groups is 1. The third-order valence-corrected chi connectivity index (χ3v) is 4.82. The minimum absolute atomic E-state index is 0.332. The second kappa shape index (κ2) is 5.25. The molecule has 0 atom stereocenters. The van der Waals surface area contributed by atoms with Gasteiger partial charge in [0, 0.05) is 0 Å². The van der Waals surface area contributed by atoms with Gasteiger partial charge >= 0.3 is 5.97 Å². The summed E-state index contributed by atoms with van der Waals surface area (Å²) in [4.78, 5) is 33.9. The molecule has 1 aliphatic heterocycles. The van der Waals surface area contributed by atoms with Crippen molar-refractivity contribution in [2.45, 2.75) is 25.8 Å². The van der Waals surface area contributed by atoms with E-state index in [2.05, 4.69) is 10.1 Å². The summed E-state index contributed by atoms with van der Waals surface area (Å²) in [5.74, 6) is -2.56. The quantitative estimate of drug-likeness (QED) is 0.505. The zero-order valence-electron chi connectivity index (χ0n) is 10.9. The lowest BCUT2D eigenvalue weighted by Crippen LogP contribution is -2.65. The van der Waals surface area contributed by atoms with Gasteiger partial charge in [0.1, 0.15) is 5.54 Å². The minimum Gasteiger partial charge on any atom is -0.469 e. The van der Waals surface area contributed by atoms with Crippen LogP contribution in [0.4, 0.5) is 0 Å². The predicted molar refractivity (Wildman–Crippen MR) is 64.4 cm³/mol. The van der Waals surface area contributed by atoms with Crippen molar-refractivity contribution in [1.82, 2.24) is 9.62 Å². The van der Waals surface area contributed by atoms with Crippen molar-refractivity contribution in [3.05, 3.63) is 0 Å². The van der Waals surface area contributed by atoms with Gasteiger partial charge in [0.2, 0.25) is 21.8 Å². The second-order valence-corrected chi connectivity index (χ2v) is 6.60. The Morgan fingerprint density at radius 1 is 1.42 bits per heavy atom. The minimum atomic E-state index is -3.91. The van der Waals surface area contributed by atoms with Crippen LogP contribution in [0, 0.1) is 0 Å². The number of esters is 1. The molecule has 0 spiro atoms. The Labute approximate surface area is 111 Å². The highest BCUT2D eigenvalue weighted by Gasteiger charge is 2.46. The van der Waals surface area contributed by atoms with Crippen LogP contribution >= 0.6 is 0 Å². The highest BCUT2D eigenvalue weighted by molar-refractivity contribution is 7.89. The Bertz CT molecular complexity index is 510. The SMILES string of the molecule is COC(=O)CCS(=O)(=O)N1CC(=O)NC(=O)C1(C)C. The van der Waals surface area contributed by atoms with Gasteiger partial charge in [-0.05, 0) is 13.8 Å². The fourth-order valence-electron chi connectivity index (χ4n) is 1.63. The van der Waals surface area contributed by atoms with Crippen LogP contribution < -0.4 is 5.32 Å². The van der Waals surface area contributed by atoms with Gasteiger partial charge in [0.05, 0.1) is 25.8 Å². The zero-order chi connectivity index (χ0) is 14.8. The number of hydrogen-bond acceptors (Lipinski definition) is 6. The number of carbonyl (C=O) groups is 3. The van der Waals surface area contributed by atoms with Crippen molar-refractivity contribution in [1.29, 1.82) is 0 Å². The molecule has 0 saturated carbocycles. The number of nitrogens with one attached hydrogen (secondary N) is 1. The number of methoxy groups -OCH3 is 1. The van der Waals surface area contributed by atoms with E-state index in [0.29, 0.717) is 0 Å². The molecule has 0 bridgehead atoms. The summed E-state index contributed by atoms with van der Waals surface area (Å²) < 4.78 is 29.4. The molecule has 9 heteroatoms. The van der Waals surface area contributed by atoms with Crippen LogP contribution in [-0.2, 0) is 29.1 Å². The number of nitrogens with zero attached hydrogens (tertiary/aromatic N) is 1. The largest absolute Gasteiger partial charge is 0.469 e. The molecule has 0 aliphatic carbocycles. The maximum atomic E-state index is 12.1. The summed E-state index contributed by atoms with van der Waals surface area (Å²) in [7, 11) is -2.76. The molecule has 0 aromatic rings. The van der Waals surface area contributed by atoms with E-state index in [0.717, 1.165) is 11.4 Å². The van der Waals surface area contributed by atoms with Crippen LogP contribution in [0.5, 0.6) is 0 Å². The Morgan fingerprint density at radius 3 is 2.53 bits per heavy atom. The van der Waals surface area contributed by atoms with Gasteiger partial charge in [0.25, 0.3) is 0 Å². The van der Waals surface area contributed by atoms with E-state index in [1.54, 1.807) is 0 Å². The summed E-state index contributed by atoms with van der Waals surface area (Å²) in [6, 6.07) is 0. The van der Waals surface area contributed by atoms with Crippen LogP contribution in [0.1, 0.15) is 20.3 Å². The van der Waals surface area contributed by atoms with Crippen LogP contribution in [-0.4, -0.2) is 55.5 Å². The average molecular weight is 292 g/mol. The Kier molecular flexibility index (Phi) is 4.31. The Morgan fingerprint density at radius 2 is 2.00 bits per heavy atom. The first-order valence-corrected chi connectivity index (χ1v) is 7.14. The lowest BCUT2D eigenvalue weighted by Gasteiger charge is -2.38. The molecule has 0 aromatic carbocycles. The van der Waals surface area contributed by atoms with Crippen molar-refractivity contribution < 1.29 is 27.5 Å². The number of amides is 2. The van der Waals surface area contributed by atoms with Crippen molar-refractivity contribution in [3.8, 4) is 0 Å². The third kappa shape index (κ3) is 3.29. The molecule has 8 nitrogen and oxygen atoms in total. The molecule has 1 saturated heterocycles. The molecule has 1 rings (SSSR count). The lowest BCUT2D eigenvalue weighted by molar-refractivity contribution is -0.141. The molecule has 1 N–H and O–H groups in total. The van der Waals surface area contributed by atoms with E-state index in [9.17, 15) is 22.8 Å². The average Bonchev–Trinajstić information content (AvgIpc) is 2.31. The Balaban J connectivity index is 2.95. The van der Waals surface area contributed by atoms with E-state index in [1.165, 1.54) is 13.8 Å². The van der Waals surface area contributed by atoms with E-state index < -0.39 is 45.6 Å². The number of hydrogen-bond donors (Lipinski definition) is 1. The molecule has 0 unspecified atom stereocenters. The monoisotopic (exact) mass is 292 g/mol. The van der Waals surface area contributed by atoms with Gasteiger partial charge in [-0.2, -0.15) is 4.31 Å². The third-order valence-electron chi connectivity index (χ3n) is 2.85. The molecule has 1 fully saturated rings. The van der Waals surface area contributed by atoms with Crippen LogP contribution in [0.3, 0.4) is 0 Å². The summed E-state index contributed by atoms with van der Waals surface area (Å²) in [6.07, 6.45) is -0.332. The summed E-state index contributed by atoms with van der Waals surface area (Å²) in [5, 5.41) is 2.07. The van der Waals surface area contributed by atoms with Gasteiger partial charge in [0.15, 0.2) is 0 Å². The van der Waals surface area contributed by atoms with E-state index in [1.807, 2.05) is 0 Å². The molecule has 1 heterocycles. The van der Waals surface area contributed by atoms with Gasteiger partial charge in [-0.3, -0.25) is 19.7 Å². The molecule has 108 valence electrons. The first-order chi connectivity index (χ1) is 8.61. The molecule has 0 aromatic heterocycles. The Hall–Kier alpha value is -1.48. The molecule has 19 heavy (non-hydrogen) atoms. The van der Waals surface area contributed by atoms with Gasteiger partial charge < -0.3 is 4.74 Å². The molecule has 2 amide bonds. The van der Waals surface area contributed by atoms with Crippen molar-refractivity contribution in [2.75, 3.05) is 19.4 Å². The highest BCUT2D eigenvalue weighted by Crippen LogP contribution is 2.22. The molecule has 1 aliphatic rings. The second-order valence-electron chi connectivity index (χ2n) is 4.59. The number of ether oxygens (including phenoxy) is 1. The zero-order valence-corrected chi connectivity index (χ0v) is 11.7. The topological polar surface area (TPSA) is 110 Å². The number of sulfonamides is 1. The maximum Gasteiger partial charge on any atom is 0.306 e. The van der Waals surface area contributed by atoms with Crippen molar-refractivity contribution in [2.24, 2.45) is 0 Å². The normalized spacial score (nSPS) is 19.9. The first kappa shape index (κ1) is 15.6. The van der Waals surface area contributed by atoms with E-state index in [-0.39, 0.29) is 6.42 Å². The van der Waals surface area contributed by atoms with Crippen molar-refractivity contribution >= 4 is 27.8 Å². The highest BCUT2D eigenvalue weighted by atomic mass is 32.2.